The van der Waals surface area contributed by atoms with Gasteiger partial charge in [0.2, 0.25) is 0 Å². The van der Waals surface area contributed by atoms with Gasteiger partial charge in [0.15, 0.2) is 10.5 Å². The topological polar surface area (TPSA) is 101 Å². The number of thiocarbonyl (C=S) groups is 1. The summed E-state index contributed by atoms with van der Waals surface area (Å²) in [6.45, 7) is 8.13. The third kappa shape index (κ3) is 4.99. The molecule has 1 aromatic rings. The zero-order chi connectivity index (χ0) is 26.9. The number of fused-ring (bicyclic) bond motifs is 1. The van der Waals surface area contributed by atoms with Crippen LogP contribution in [0.25, 0.3) is 0 Å². The lowest BCUT2D eigenvalue weighted by Crippen LogP contribution is -2.55. The average molecular weight is 576 g/mol. The Morgan fingerprint density at radius 3 is 1.86 bits per heavy atom. The molecule has 0 bridgehead atoms. The summed E-state index contributed by atoms with van der Waals surface area (Å²) in [7, 11) is -4.54. The molecular formula is C23H28Cl2N4O5S2. The smallest absolute Gasteiger partial charge is 0.286 e. The van der Waals surface area contributed by atoms with E-state index in [-0.39, 0.29) is 40.2 Å². The molecule has 2 aliphatic heterocycles. The van der Waals surface area contributed by atoms with Crippen LogP contribution in [0.1, 0.15) is 40.5 Å². The number of halogens is 2. The van der Waals surface area contributed by atoms with Gasteiger partial charge < -0.3 is 9.80 Å². The van der Waals surface area contributed by atoms with Crippen molar-refractivity contribution in [1.82, 2.24) is 9.80 Å². The number of anilines is 2. The van der Waals surface area contributed by atoms with E-state index >= 15 is 0 Å². The lowest BCUT2D eigenvalue weighted by Gasteiger charge is -2.35. The first-order valence-electron chi connectivity index (χ1n) is 11.5. The fraction of sp³-hybridized carbons (Fsp3) is 0.435. The molecule has 9 nitrogen and oxygen atoms in total. The minimum Gasteiger partial charge on any atom is -0.326 e. The number of allylic oxidation sites excluding steroid dienone is 2. The predicted molar refractivity (Wildman–Crippen MR) is 146 cm³/mol. The maximum Gasteiger partial charge on any atom is 0.286 e. The zero-order valence-electron chi connectivity index (χ0n) is 20.4. The van der Waals surface area contributed by atoms with Crippen molar-refractivity contribution in [1.29, 1.82) is 0 Å². The Bertz CT molecular complexity index is 1240. The fourth-order valence-corrected chi connectivity index (χ4v) is 6.10. The quantitative estimate of drug-likeness (QED) is 0.211. The lowest BCUT2D eigenvalue weighted by atomic mass is 10.1. The Balaban J connectivity index is 2.25. The molecule has 13 heteroatoms. The van der Waals surface area contributed by atoms with Crippen molar-refractivity contribution in [3.05, 3.63) is 45.7 Å². The summed E-state index contributed by atoms with van der Waals surface area (Å²) in [5, 5.41) is -0.700. The van der Waals surface area contributed by atoms with E-state index in [2.05, 4.69) is 0 Å². The minimum atomic E-state index is -4.54. The Labute approximate surface area is 226 Å². The summed E-state index contributed by atoms with van der Waals surface area (Å²) in [5.74, 6) is -0.732. The second kappa shape index (κ2) is 11.1. The highest BCUT2D eigenvalue weighted by Crippen LogP contribution is 2.47. The standard InChI is InChI=1S/C23H28Cl2N4O5S2/c1-5-9-20(36(32,33)34)29-18-13-16(25)15(24)12-17(18)26(6-2)19(29)11-10-14-21(30)27(7-3)23(35)28(8-4)22(14)31/h10-13,20H,5-9H2,1-4H3,(H,32,33,34)/b19-11+. The van der Waals surface area contributed by atoms with Gasteiger partial charge in [-0.2, -0.15) is 8.42 Å². The number of rotatable bonds is 8. The molecule has 0 saturated carbocycles. The van der Waals surface area contributed by atoms with Crippen LogP contribution in [0.4, 0.5) is 11.4 Å². The van der Waals surface area contributed by atoms with E-state index in [4.69, 9.17) is 35.4 Å². The molecule has 1 fully saturated rings. The van der Waals surface area contributed by atoms with E-state index in [1.165, 1.54) is 32.9 Å². The summed E-state index contributed by atoms with van der Waals surface area (Å²) in [4.78, 5) is 32.0. The number of hydrogen-bond acceptors (Lipinski definition) is 7. The van der Waals surface area contributed by atoms with Crippen LogP contribution < -0.4 is 9.80 Å². The number of carbonyl (C=O) groups excluding carboxylic acids is 2. The Morgan fingerprint density at radius 1 is 0.917 bits per heavy atom. The molecule has 196 valence electrons. The van der Waals surface area contributed by atoms with E-state index in [9.17, 15) is 22.6 Å². The van der Waals surface area contributed by atoms with E-state index in [1.807, 2.05) is 6.92 Å². The predicted octanol–water partition coefficient (Wildman–Crippen LogP) is 4.42. The summed E-state index contributed by atoms with van der Waals surface area (Å²) in [6, 6.07) is 3.15. The number of nitrogens with zero attached hydrogens (tertiary/aromatic N) is 4. The molecule has 1 atom stereocenters. The van der Waals surface area contributed by atoms with Crippen molar-refractivity contribution < 1.29 is 22.6 Å². The van der Waals surface area contributed by atoms with E-state index in [0.717, 1.165) is 0 Å². The summed E-state index contributed by atoms with van der Waals surface area (Å²) >= 11 is 17.8. The fourth-order valence-electron chi connectivity index (χ4n) is 4.34. The Morgan fingerprint density at radius 2 is 1.42 bits per heavy atom. The van der Waals surface area contributed by atoms with E-state index in [1.54, 1.807) is 31.7 Å². The van der Waals surface area contributed by atoms with Gasteiger partial charge in [0.05, 0.1) is 21.4 Å². The molecule has 36 heavy (non-hydrogen) atoms. The van der Waals surface area contributed by atoms with Crippen LogP contribution >= 0.6 is 35.4 Å². The van der Waals surface area contributed by atoms with Crippen LogP contribution in [0.15, 0.2) is 35.7 Å². The van der Waals surface area contributed by atoms with Crippen LogP contribution in [0.3, 0.4) is 0 Å². The van der Waals surface area contributed by atoms with Gasteiger partial charge in [0, 0.05) is 19.6 Å². The number of likely N-dealkylation sites (N-methyl/N-ethyl adjacent to an activating group) is 2. The number of amides is 2. The average Bonchev–Trinajstić information content (AvgIpc) is 3.09. The Kier molecular flexibility index (Phi) is 8.72. The van der Waals surface area contributed by atoms with E-state index < -0.39 is 27.3 Å². The van der Waals surface area contributed by atoms with Crippen molar-refractivity contribution in [3.63, 3.8) is 0 Å². The minimum absolute atomic E-state index is 0.110. The summed E-state index contributed by atoms with van der Waals surface area (Å²) in [6.07, 6.45) is 3.44. The van der Waals surface area contributed by atoms with Crippen LogP contribution in [-0.4, -0.2) is 64.7 Å². The van der Waals surface area contributed by atoms with E-state index in [0.29, 0.717) is 30.2 Å². The van der Waals surface area contributed by atoms with Gasteiger partial charge in [-0.05, 0) is 63.7 Å². The first-order valence-corrected chi connectivity index (χ1v) is 14.2. The second-order valence-electron chi connectivity index (χ2n) is 8.11. The normalized spacial score (nSPS) is 18.5. The van der Waals surface area contributed by atoms with Gasteiger partial charge in [0.25, 0.3) is 21.9 Å². The van der Waals surface area contributed by atoms with Gasteiger partial charge in [-0.1, -0.05) is 36.5 Å². The molecule has 1 N–H and O–H groups in total. The summed E-state index contributed by atoms with van der Waals surface area (Å²) < 4.78 is 35.1. The molecule has 2 heterocycles. The van der Waals surface area contributed by atoms with Crippen LogP contribution in [0, 0.1) is 0 Å². The molecule has 0 spiro atoms. The highest BCUT2D eigenvalue weighted by atomic mass is 35.5. The van der Waals surface area contributed by atoms with Crippen molar-refractivity contribution in [2.45, 2.75) is 45.9 Å². The molecule has 1 aromatic carbocycles. The molecule has 1 saturated heterocycles. The van der Waals surface area contributed by atoms with Gasteiger partial charge >= 0.3 is 0 Å². The second-order valence-corrected chi connectivity index (χ2v) is 10.9. The molecular weight excluding hydrogens is 547 g/mol. The molecule has 3 rings (SSSR count). The molecule has 0 radical (unpaired) electrons. The largest absolute Gasteiger partial charge is 0.326 e. The van der Waals surface area contributed by atoms with Gasteiger partial charge in [0.1, 0.15) is 11.4 Å². The van der Waals surface area contributed by atoms with Crippen molar-refractivity contribution in [2.24, 2.45) is 0 Å². The first kappa shape index (κ1) is 28.4. The number of hydrogen-bond donors (Lipinski definition) is 1. The van der Waals surface area contributed by atoms with Crippen LogP contribution in [0.2, 0.25) is 10.0 Å². The summed E-state index contributed by atoms with van der Waals surface area (Å²) in [5.41, 5.74) is 0.899. The monoisotopic (exact) mass is 574 g/mol. The highest BCUT2D eigenvalue weighted by molar-refractivity contribution is 7.86. The molecule has 2 aliphatic rings. The maximum atomic E-state index is 13.1. The molecule has 0 aliphatic carbocycles. The number of benzene rings is 1. The third-order valence-corrected chi connectivity index (χ3v) is 8.32. The lowest BCUT2D eigenvalue weighted by molar-refractivity contribution is -0.133. The molecule has 1 unspecified atom stereocenters. The van der Waals surface area contributed by atoms with Gasteiger partial charge in [-0.15, -0.1) is 0 Å². The third-order valence-electron chi connectivity index (χ3n) is 6.02. The SMILES string of the molecule is CCCC(N1/C(=C/C=C2C(=O)N(CC)C(=S)N(CC)C2=O)N(CC)c2cc(Cl)c(Cl)cc21)S(=O)(=O)O. The van der Waals surface area contributed by atoms with Crippen molar-refractivity contribution in [2.75, 3.05) is 29.4 Å². The number of carbonyl (C=O) groups is 2. The zero-order valence-corrected chi connectivity index (χ0v) is 23.5. The molecule has 2 amide bonds. The van der Waals surface area contributed by atoms with Gasteiger partial charge in [-0.25, -0.2) is 0 Å². The van der Waals surface area contributed by atoms with Crippen molar-refractivity contribution in [3.8, 4) is 0 Å². The maximum absolute atomic E-state index is 13.1. The first-order chi connectivity index (χ1) is 16.9. The van der Waals surface area contributed by atoms with Crippen LogP contribution in [-0.2, 0) is 19.7 Å². The molecule has 0 aromatic heterocycles. The Hall–Kier alpha value is -2.18. The van der Waals surface area contributed by atoms with Crippen molar-refractivity contribution >= 4 is 73.8 Å². The van der Waals surface area contributed by atoms with Crippen LogP contribution in [0.5, 0.6) is 0 Å². The van der Waals surface area contributed by atoms with Gasteiger partial charge in [-0.3, -0.25) is 23.9 Å². The highest BCUT2D eigenvalue weighted by Gasteiger charge is 2.41.